The van der Waals surface area contributed by atoms with E-state index < -0.39 is 12.3 Å². The standard InChI is InChI=1S/C14H27NO4/c1-3-5-6-7-8-9-11-13(16)19-12(10-4-2)15-14(17)18/h12,15H,3-11H2,1-2H3,(H,17,18). The van der Waals surface area contributed by atoms with Crippen LogP contribution in [0, 0.1) is 0 Å². The molecule has 0 aliphatic heterocycles. The van der Waals surface area contributed by atoms with Crippen LogP contribution >= 0.6 is 0 Å². The molecule has 5 nitrogen and oxygen atoms in total. The molecule has 19 heavy (non-hydrogen) atoms. The summed E-state index contributed by atoms with van der Waals surface area (Å²) in [5.74, 6) is -0.317. The first kappa shape index (κ1) is 17.7. The Labute approximate surface area is 115 Å². The molecule has 0 heterocycles. The number of unbranched alkanes of at least 4 members (excludes halogenated alkanes) is 5. The molecule has 0 aliphatic rings. The highest BCUT2D eigenvalue weighted by Crippen LogP contribution is 2.08. The van der Waals surface area contributed by atoms with E-state index in [0.717, 1.165) is 25.7 Å². The number of carbonyl (C=O) groups is 2. The molecule has 1 amide bonds. The molecule has 0 saturated carbocycles. The van der Waals surface area contributed by atoms with Gasteiger partial charge in [0, 0.05) is 12.8 Å². The molecule has 0 aromatic heterocycles. The van der Waals surface area contributed by atoms with Gasteiger partial charge in [0.1, 0.15) is 0 Å². The summed E-state index contributed by atoms with van der Waals surface area (Å²) in [6.45, 7) is 4.08. The van der Waals surface area contributed by atoms with Crippen LogP contribution in [-0.2, 0) is 9.53 Å². The van der Waals surface area contributed by atoms with Crippen LogP contribution < -0.4 is 5.32 Å². The Bertz CT molecular complexity index is 256. The largest absolute Gasteiger partial charge is 0.465 e. The molecule has 0 aromatic carbocycles. The smallest absolute Gasteiger partial charge is 0.407 e. The molecular weight excluding hydrogens is 246 g/mol. The molecule has 0 radical (unpaired) electrons. The second kappa shape index (κ2) is 11.8. The Morgan fingerprint density at radius 1 is 1.05 bits per heavy atom. The summed E-state index contributed by atoms with van der Waals surface area (Å²) in [6.07, 6.45) is 6.41. The lowest BCUT2D eigenvalue weighted by atomic mass is 10.1. The van der Waals surface area contributed by atoms with Crippen molar-refractivity contribution in [2.45, 2.75) is 77.9 Å². The molecule has 0 aromatic rings. The first-order valence-corrected chi connectivity index (χ1v) is 7.29. The number of nitrogens with one attached hydrogen (secondary N) is 1. The van der Waals surface area contributed by atoms with Gasteiger partial charge in [-0.1, -0.05) is 52.4 Å². The first-order valence-electron chi connectivity index (χ1n) is 7.29. The fraction of sp³-hybridized carbons (Fsp3) is 0.857. The zero-order valence-corrected chi connectivity index (χ0v) is 12.1. The summed E-state index contributed by atoms with van der Waals surface area (Å²) in [7, 11) is 0. The normalized spacial score (nSPS) is 11.9. The maximum absolute atomic E-state index is 11.5. The lowest BCUT2D eigenvalue weighted by Crippen LogP contribution is -2.37. The molecule has 2 N–H and O–H groups in total. The molecule has 0 bridgehead atoms. The topological polar surface area (TPSA) is 75.6 Å². The Hall–Kier alpha value is -1.26. The van der Waals surface area contributed by atoms with Gasteiger partial charge in [0.05, 0.1) is 0 Å². The molecule has 0 aliphatic carbocycles. The average molecular weight is 273 g/mol. The van der Waals surface area contributed by atoms with E-state index in [-0.39, 0.29) is 5.97 Å². The third-order valence-electron chi connectivity index (χ3n) is 2.84. The van der Waals surface area contributed by atoms with Gasteiger partial charge in [0.15, 0.2) is 6.23 Å². The Morgan fingerprint density at radius 2 is 1.68 bits per heavy atom. The monoisotopic (exact) mass is 273 g/mol. The molecule has 0 rings (SSSR count). The van der Waals surface area contributed by atoms with Crippen LogP contribution in [0.1, 0.15) is 71.6 Å². The van der Waals surface area contributed by atoms with Crippen molar-refractivity contribution in [3.05, 3.63) is 0 Å². The molecular formula is C14H27NO4. The summed E-state index contributed by atoms with van der Waals surface area (Å²) < 4.78 is 5.10. The number of esters is 1. The predicted octanol–water partition coefficient (Wildman–Crippen LogP) is 3.67. The van der Waals surface area contributed by atoms with Crippen LogP contribution in [0.15, 0.2) is 0 Å². The lowest BCUT2D eigenvalue weighted by molar-refractivity contribution is -0.150. The molecule has 112 valence electrons. The Kier molecular flexibility index (Phi) is 11.0. The maximum atomic E-state index is 11.5. The van der Waals surface area contributed by atoms with E-state index in [9.17, 15) is 9.59 Å². The Morgan fingerprint density at radius 3 is 2.26 bits per heavy atom. The second-order valence-corrected chi connectivity index (χ2v) is 4.73. The van der Waals surface area contributed by atoms with Crippen LogP contribution in [0.4, 0.5) is 4.79 Å². The highest BCUT2D eigenvalue weighted by molar-refractivity contribution is 5.70. The Balaban J connectivity index is 3.71. The van der Waals surface area contributed by atoms with Crippen LogP contribution in [0.2, 0.25) is 0 Å². The lowest BCUT2D eigenvalue weighted by Gasteiger charge is -2.16. The van der Waals surface area contributed by atoms with Gasteiger partial charge in [0.25, 0.3) is 0 Å². The summed E-state index contributed by atoms with van der Waals surface area (Å²) in [4.78, 5) is 22.1. The van der Waals surface area contributed by atoms with Gasteiger partial charge in [-0.2, -0.15) is 0 Å². The summed E-state index contributed by atoms with van der Waals surface area (Å²) in [5, 5.41) is 10.8. The van der Waals surface area contributed by atoms with Crippen LogP contribution in [0.25, 0.3) is 0 Å². The SMILES string of the molecule is CCCCCCCCC(=O)OC(CCC)NC(=O)O. The van der Waals surface area contributed by atoms with E-state index in [1.54, 1.807) is 0 Å². The predicted molar refractivity (Wildman–Crippen MR) is 73.9 cm³/mol. The number of hydrogen-bond acceptors (Lipinski definition) is 3. The van der Waals surface area contributed by atoms with Crippen molar-refractivity contribution >= 4 is 12.1 Å². The van der Waals surface area contributed by atoms with Gasteiger partial charge in [-0.15, -0.1) is 0 Å². The number of amides is 1. The van der Waals surface area contributed by atoms with Crippen molar-refractivity contribution in [1.29, 1.82) is 0 Å². The molecule has 0 spiro atoms. The van der Waals surface area contributed by atoms with E-state index >= 15 is 0 Å². The minimum Gasteiger partial charge on any atom is -0.465 e. The summed E-state index contributed by atoms with van der Waals surface area (Å²) >= 11 is 0. The zero-order valence-electron chi connectivity index (χ0n) is 12.1. The van der Waals surface area contributed by atoms with Crippen LogP contribution in [-0.4, -0.2) is 23.4 Å². The van der Waals surface area contributed by atoms with Gasteiger partial charge >= 0.3 is 12.1 Å². The van der Waals surface area contributed by atoms with E-state index in [2.05, 4.69) is 12.2 Å². The van der Waals surface area contributed by atoms with Gasteiger partial charge in [-0.25, -0.2) is 4.79 Å². The van der Waals surface area contributed by atoms with Crippen molar-refractivity contribution in [3.8, 4) is 0 Å². The van der Waals surface area contributed by atoms with Gasteiger partial charge in [0.2, 0.25) is 0 Å². The van der Waals surface area contributed by atoms with Crippen molar-refractivity contribution in [1.82, 2.24) is 5.32 Å². The quantitative estimate of drug-likeness (QED) is 0.342. The van der Waals surface area contributed by atoms with Crippen molar-refractivity contribution < 1.29 is 19.4 Å². The first-order chi connectivity index (χ1) is 9.10. The molecule has 0 fully saturated rings. The van der Waals surface area contributed by atoms with Crippen molar-refractivity contribution in [2.24, 2.45) is 0 Å². The highest BCUT2D eigenvalue weighted by Gasteiger charge is 2.15. The third-order valence-corrected chi connectivity index (χ3v) is 2.84. The van der Waals surface area contributed by atoms with Gasteiger partial charge in [-0.3, -0.25) is 10.1 Å². The van der Waals surface area contributed by atoms with Crippen molar-refractivity contribution in [3.63, 3.8) is 0 Å². The van der Waals surface area contributed by atoms with Crippen molar-refractivity contribution in [2.75, 3.05) is 0 Å². The number of rotatable bonds is 11. The highest BCUT2D eigenvalue weighted by atomic mass is 16.6. The molecule has 1 unspecified atom stereocenters. The van der Waals surface area contributed by atoms with E-state index in [1.165, 1.54) is 19.3 Å². The summed E-state index contributed by atoms with van der Waals surface area (Å²) in [5.41, 5.74) is 0. The molecule has 1 atom stereocenters. The number of hydrogen-bond donors (Lipinski definition) is 2. The van der Waals surface area contributed by atoms with Crippen LogP contribution in [0.5, 0.6) is 0 Å². The van der Waals surface area contributed by atoms with Gasteiger partial charge in [-0.05, 0) is 6.42 Å². The minimum absolute atomic E-state index is 0.317. The summed E-state index contributed by atoms with van der Waals surface area (Å²) in [6, 6.07) is 0. The fourth-order valence-corrected chi connectivity index (χ4v) is 1.83. The molecule has 0 saturated heterocycles. The van der Waals surface area contributed by atoms with Crippen LogP contribution in [0.3, 0.4) is 0 Å². The fourth-order valence-electron chi connectivity index (χ4n) is 1.83. The maximum Gasteiger partial charge on any atom is 0.407 e. The zero-order chi connectivity index (χ0) is 14.5. The number of carboxylic acid groups (broad SMARTS) is 1. The second-order valence-electron chi connectivity index (χ2n) is 4.73. The van der Waals surface area contributed by atoms with E-state index in [4.69, 9.17) is 9.84 Å². The average Bonchev–Trinajstić information content (AvgIpc) is 2.33. The minimum atomic E-state index is -1.16. The number of ether oxygens (including phenoxy) is 1. The van der Waals surface area contributed by atoms with E-state index in [0.29, 0.717) is 12.8 Å². The van der Waals surface area contributed by atoms with Gasteiger partial charge < -0.3 is 9.84 Å². The number of carbonyl (C=O) groups excluding carboxylic acids is 1. The van der Waals surface area contributed by atoms with E-state index in [1.807, 2.05) is 6.92 Å². The molecule has 5 heteroatoms. The third kappa shape index (κ3) is 11.6.